The smallest absolute Gasteiger partial charge is 0.315 e. The van der Waals surface area contributed by atoms with Crippen LogP contribution in [-0.2, 0) is 12.0 Å². The number of hydrogen-bond donors (Lipinski definition) is 4. The van der Waals surface area contributed by atoms with E-state index in [0.29, 0.717) is 33.7 Å². The molecule has 44 heavy (non-hydrogen) atoms. The Balaban J connectivity index is 1.27. The molecule has 5 aromatic rings. The lowest BCUT2D eigenvalue weighted by Crippen LogP contribution is -2.43. The summed E-state index contributed by atoms with van der Waals surface area (Å²) in [4.78, 5) is 36.0. The van der Waals surface area contributed by atoms with E-state index in [4.69, 9.17) is 4.52 Å². The molecule has 1 amide bonds. The number of aliphatic hydroxyl groups excluding tert-OH is 1. The molecule has 0 aliphatic carbocycles. The minimum atomic E-state index is -0.669. The van der Waals surface area contributed by atoms with Crippen LogP contribution in [0.15, 0.2) is 47.4 Å². The molecule has 0 saturated carbocycles. The third kappa shape index (κ3) is 5.75. The Kier molecular flexibility index (Phi) is 7.82. The topological polar surface area (TPSA) is 158 Å². The Morgan fingerprint density at radius 2 is 1.95 bits per heavy atom. The summed E-state index contributed by atoms with van der Waals surface area (Å²) in [5.74, 6) is -0.953. The highest BCUT2D eigenvalue weighted by Gasteiger charge is 2.26. The van der Waals surface area contributed by atoms with E-state index in [9.17, 15) is 9.90 Å². The van der Waals surface area contributed by atoms with Crippen LogP contribution in [0.5, 0.6) is 0 Å². The SMILES string of the molecule is CC(NC(=O)c1nc(C(C)(C)C)no1)c1cc(F)c(-c2ncnc3[nH]c(-c4ccc(N5CCNCC5)cn4)cc23)cc1CO. The quantitative estimate of drug-likeness (QED) is 0.216. The molecule has 4 N–H and O–H groups in total. The van der Waals surface area contributed by atoms with Crippen molar-refractivity contribution in [1.29, 1.82) is 0 Å². The fourth-order valence-corrected chi connectivity index (χ4v) is 5.26. The molecular formula is C31H34FN9O3. The zero-order chi connectivity index (χ0) is 31.0. The lowest BCUT2D eigenvalue weighted by atomic mass is 9.96. The standard InChI is InChI=1S/C31H34FN9O3/c1-17(37-28(43)29-39-30(40-44-29)31(2,3)4)20-12-23(32)21(11-18(20)15-42)26-22-13-25(38-27(22)36-16-35-26)24-6-5-19(14-34-24)41-9-7-33-8-10-41/h5-6,11-14,16-17,33,42H,7-10,15H2,1-4H3,(H,37,43)(H,35,36,38). The highest BCUT2D eigenvalue weighted by molar-refractivity contribution is 5.94. The molecule has 13 heteroatoms. The zero-order valence-electron chi connectivity index (χ0n) is 25.0. The van der Waals surface area contributed by atoms with Crippen molar-refractivity contribution in [3.63, 3.8) is 0 Å². The molecule has 5 heterocycles. The maximum Gasteiger partial charge on any atom is 0.315 e. The van der Waals surface area contributed by atoms with Crippen LogP contribution in [-0.4, -0.2) is 67.3 Å². The van der Waals surface area contributed by atoms with Gasteiger partial charge in [-0.25, -0.2) is 14.4 Å². The van der Waals surface area contributed by atoms with Gasteiger partial charge in [0, 0.05) is 42.5 Å². The molecule has 0 radical (unpaired) electrons. The normalized spacial score (nSPS) is 14.6. The molecule has 4 aromatic heterocycles. The molecule has 1 aliphatic heterocycles. The second-order valence-electron chi connectivity index (χ2n) is 11.9. The Hall–Kier alpha value is -4.75. The maximum absolute atomic E-state index is 15.8. The minimum absolute atomic E-state index is 0.191. The molecule has 1 unspecified atom stereocenters. The van der Waals surface area contributed by atoms with Crippen molar-refractivity contribution in [3.05, 3.63) is 71.5 Å². The first-order valence-corrected chi connectivity index (χ1v) is 14.5. The van der Waals surface area contributed by atoms with Crippen LogP contribution in [0.4, 0.5) is 10.1 Å². The average molecular weight is 600 g/mol. The Morgan fingerprint density at radius 1 is 1.16 bits per heavy atom. The summed E-state index contributed by atoms with van der Waals surface area (Å²) in [6.07, 6.45) is 3.22. The number of aromatic nitrogens is 6. The summed E-state index contributed by atoms with van der Waals surface area (Å²) in [7, 11) is 0. The van der Waals surface area contributed by atoms with Gasteiger partial charge in [0.2, 0.25) is 0 Å². The predicted molar refractivity (Wildman–Crippen MR) is 162 cm³/mol. The first-order valence-electron chi connectivity index (χ1n) is 14.5. The number of piperazine rings is 1. The average Bonchev–Trinajstić information content (AvgIpc) is 3.70. The van der Waals surface area contributed by atoms with E-state index in [1.165, 1.54) is 12.4 Å². The molecule has 1 aromatic carbocycles. The fourth-order valence-electron chi connectivity index (χ4n) is 5.26. The third-order valence-electron chi connectivity index (χ3n) is 7.69. The predicted octanol–water partition coefficient (Wildman–Crippen LogP) is 3.90. The number of rotatable bonds is 7. The highest BCUT2D eigenvalue weighted by Crippen LogP contribution is 2.34. The first kappa shape index (κ1) is 29.3. The number of carbonyl (C=O) groups excluding carboxylic acids is 1. The second-order valence-corrected chi connectivity index (χ2v) is 11.9. The largest absolute Gasteiger partial charge is 0.392 e. The Labute approximate surface area is 253 Å². The van der Waals surface area contributed by atoms with Crippen molar-refractivity contribution < 1.29 is 18.8 Å². The summed E-state index contributed by atoms with van der Waals surface area (Å²) in [6.45, 7) is 10.7. The van der Waals surface area contributed by atoms with Crippen LogP contribution in [0.1, 0.15) is 61.4 Å². The lowest BCUT2D eigenvalue weighted by molar-refractivity contribution is 0.0895. The van der Waals surface area contributed by atoms with Crippen molar-refractivity contribution in [2.24, 2.45) is 0 Å². The van der Waals surface area contributed by atoms with Crippen molar-refractivity contribution in [1.82, 2.24) is 40.7 Å². The molecule has 1 saturated heterocycles. The number of benzene rings is 1. The van der Waals surface area contributed by atoms with Gasteiger partial charge in [-0.2, -0.15) is 4.98 Å². The van der Waals surface area contributed by atoms with Gasteiger partial charge in [-0.05, 0) is 48.4 Å². The number of pyridine rings is 1. The minimum Gasteiger partial charge on any atom is -0.392 e. The summed E-state index contributed by atoms with van der Waals surface area (Å²) in [5, 5.41) is 20.8. The number of anilines is 1. The number of nitrogens with zero attached hydrogens (tertiary/aromatic N) is 6. The zero-order valence-corrected chi connectivity index (χ0v) is 25.0. The Morgan fingerprint density at radius 3 is 2.64 bits per heavy atom. The van der Waals surface area contributed by atoms with Gasteiger partial charge in [0.1, 0.15) is 17.8 Å². The monoisotopic (exact) mass is 599 g/mol. The van der Waals surface area contributed by atoms with Gasteiger partial charge in [-0.1, -0.05) is 25.9 Å². The fraction of sp³-hybridized carbons (Fsp3) is 0.355. The van der Waals surface area contributed by atoms with Gasteiger partial charge >= 0.3 is 11.8 Å². The molecule has 228 valence electrons. The first-order chi connectivity index (χ1) is 21.1. The number of aliphatic hydroxyl groups is 1. The molecule has 6 rings (SSSR count). The summed E-state index contributed by atoms with van der Waals surface area (Å²) in [5.41, 5.74) is 4.04. The molecule has 0 bridgehead atoms. The lowest BCUT2D eigenvalue weighted by Gasteiger charge is -2.29. The molecule has 1 atom stereocenters. The van der Waals surface area contributed by atoms with Crippen molar-refractivity contribution >= 4 is 22.6 Å². The van der Waals surface area contributed by atoms with E-state index in [1.54, 1.807) is 13.0 Å². The van der Waals surface area contributed by atoms with Crippen LogP contribution < -0.4 is 15.5 Å². The number of H-pyrrole nitrogens is 1. The van der Waals surface area contributed by atoms with Gasteiger partial charge in [0.25, 0.3) is 0 Å². The van der Waals surface area contributed by atoms with Gasteiger partial charge < -0.3 is 30.1 Å². The Bertz CT molecular complexity index is 1800. The number of fused-ring (bicyclic) bond motifs is 1. The number of hydrogen-bond acceptors (Lipinski definition) is 10. The number of carbonyl (C=O) groups is 1. The van der Waals surface area contributed by atoms with Crippen molar-refractivity contribution in [2.75, 3.05) is 31.1 Å². The van der Waals surface area contributed by atoms with E-state index in [2.05, 4.69) is 45.6 Å². The van der Waals surface area contributed by atoms with Crippen molar-refractivity contribution in [2.45, 2.75) is 45.8 Å². The molecular weight excluding hydrogens is 565 g/mol. The number of halogens is 1. The third-order valence-corrected chi connectivity index (χ3v) is 7.69. The second kappa shape index (κ2) is 11.7. The van der Waals surface area contributed by atoms with E-state index in [1.807, 2.05) is 45.2 Å². The molecule has 0 spiro atoms. The van der Waals surface area contributed by atoms with Crippen LogP contribution in [0.2, 0.25) is 0 Å². The van der Waals surface area contributed by atoms with Crippen molar-refractivity contribution in [3.8, 4) is 22.6 Å². The number of amides is 1. The molecule has 1 fully saturated rings. The highest BCUT2D eigenvalue weighted by atomic mass is 19.1. The van der Waals surface area contributed by atoms with E-state index < -0.39 is 23.2 Å². The van der Waals surface area contributed by atoms with Gasteiger partial charge in [-0.15, -0.1) is 0 Å². The number of nitrogens with one attached hydrogen (secondary N) is 3. The van der Waals surface area contributed by atoms with Crippen LogP contribution in [0.3, 0.4) is 0 Å². The summed E-state index contributed by atoms with van der Waals surface area (Å²) >= 11 is 0. The van der Waals surface area contributed by atoms with Gasteiger partial charge in [0.05, 0.1) is 41.6 Å². The van der Waals surface area contributed by atoms with E-state index in [0.717, 1.165) is 43.3 Å². The van der Waals surface area contributed by atoms with Gasteiger partial charge in [0.15, 0.2) is 5.82 Å². The molecule has 12 nitrogen and oxygen atoms in total. The van der Waals surface area contributed by atoms with E-state index >= 15 is 4.39 Å². The van der Waals surface area contributed by atoms with E-state index in [-0.39, 0.29) is 18.1 Å². The number of aromatic amines is 1. The summed E-state index contributed by atoms with van der Waals surface area (Å²) < 4.78 is 20.9. The van der Waals surface area contributed by atoms with Gasteiger partial charge in [-0.3, -0.25) is 9.78 Å². The maximum atomic E-state index is 15.8. The van der Waals surface area contributed by atoms with Crippen LogP contribution in [0.25, 0.3) is 33.7 Å². The summed E-state index contributed by atoms with van der Waals surface area (Å²) in [6, 6.07) is 8.02. The van der Waals surface area contributed by atoms with Crippen LogP contribution in [0, 0.1) is 5.82 Å². The van der Waals surface area contributed by atoms with Crippen LogP contribution >= 0.6 is 0 Å². The molecule has 1 aliphatic rings.